The molecule has 0 saturated heterocycles. The number of halogens is 2. The maximum absolute atomic E-state index is 13.3. The number of nitrogens with zero attached hydrogens (tertiary/aromatic N) is 2. The average molecular weight is 315 g/mol. The highest BCUT2D eigenvalue weighted by Crippen LogP contribution is 2.25. The zero-order chi connectivity index (χ0) is 15.6. The molecule has 21 heavy (non-hydrogen) atoms. The predicted molar refractivity (Wildman–Crippen MR) is 68.1 cm³/mol. The van der Waals surface area contributed by atoms with Gasteiger partial charge in [-0.1, -0.05) is 12.1 Å². The van der Waals surface area contributed by atoms with Crippen molar-refractivity contribution in [3.05, 3.63) is 58.4 Å². The molecule has 0 amide bonds. The minimum absolute atomic E-state index is 0.616. The van der Waals surface area contributed by atoms with Crippen LogP contribution in [0.2, 0.25) is 0 Å². The summed E-state index contributed by atoms with van der Waals surface area (Å²) in [7, 11) is -4.42. The summed E-state index contributed by atoms with van der Waals surface area (Å²) in [5, 5.41) is 10.8. The molecule has 1 N–H and O–H groups in total. The molecule has 0 unspecified atom stereocenters. The van der Waals surface area contributed by atoms with Crippen LogP contribution in [0.3, 0.4) is 0 Å². The number of pyridine rings is 1. The van der Waals surface area contributed by atoms with Crippen LogP contribution in [0, 0.1) is 22.0 Å². The molecule has 2 aromatic rings. The first-order valence-electron chi connectivity index (χ1n) is 5.39. The molecule has 0 aliphatic carbocycles. The number of nitro benzene ring substituents is 1. The standard InChI is InChI=1S/C11H7F2N3O4S/c12-10-6-5-7(11(13)14-10)15-21(19,20)9-4-2-1-3-8(9)16(17)18/h1-6,15H. The summed E-state index contributed by atoms with van der Waals surface area (Å²) in [6, 6.07) is 6.13. The van der Waals surface area contributed by atoms with Crippen molar-refractivity contribution in [2.24, 2.45) is 0 Å². The van der Waals surface area contributed by atoms with E-state index in [2.05, 4.69) is 4.98 Å². The minimum Gasteiger partial charge on any atom is -0.275 e. The van der Waals surface area contributed by atoms with Gasteiger partial charge in [-0.05, 0) is 18.2 Å². The largest absolute Gasteiger partial charge is 0.289 e. The van der Waals surface area contributed by atoms with Crippen molar-refractivity contribution >= 4 is 21.4 Å². The molecule has 0 bridgehead atoms. The summed E-state index contributed by atoms with van der Waals surface area (Å²) in [6.07, 6.45) is 0. The van der Waals surface area contributed by atoms with Crippen molar-refractivity contribution < 1.29 is 22.1 Å². The van der Waals surface area contributed by atoms with E-state index in [4.69, 9.17) is 0 Å². The van der Waals surface area contributed by atoms with Crippen LogP contribution in [-0.4, -0.2) is 18.3 Å². The van der Waals surface area contributed by atoms with Crippen LogP contribution < -0.4 is 4.72 Å². The number of rotatable bonds is 4. The maximum atomic E-state index is 13.3. The lowest BCUT2D eigenvalue weighted by Gasteiger charge is -2.08. The van der Waals surface area contributed by atoms with E-state index in [1.807, 2.05) is 0 Å². The SMILES string of the molecule is O=[N+]([O-])c1ccccc1S(=O)(=O)Nc1ccc(F)nc1F. The summed E-state index contributed by atoms with van der Waals surface area (Å²) >= 11 is 0. The highest BCUT2D eigenvalue weighted by molar-refractivity contribution is 7.92. The molecule has 7 nitrogen and oxygen atoms in total. The Hall–Kier alpha value is -2.62. The molecule has 0 atom stereocenters. The smallest absolute Gasteiger partial charge is 0.275 e. The molecular weight excluding hydrogens is 308 g/mol. The zero-order valence-corrected chi connectivity index (χ0v) is 11.0. The van der Waals surface area contributed by atoms with Gasteiger partial charge >= 0.3 is 0 Å². The Morgan fingerprint density at radius 3 is 2.43 bits per heavy atom. The van der Waals surface area contributed by atoms with Gasteiger partial charge in [0.15, 0.2) is 4.90 Å². The summed E-state index contributed by atoms with van der Waals surface area (Å²) in [5.41, 5.74) is -1.28. The average Bonchev–Trinajstić information content (AvgIpc) is 2.42. The molecule has 1 aromatic heterocycles. The number of sulfonamides is 1. The Morgan fingerprint density at radius 1 is 1.14 bits per heavy atom. The molecule has 1 aromatic carbocycles. The van der Waals surface area contributed by atoms with E-state index in [-0.39, 0.29) is 0 Å². The molecule has 110 valence electrons. The van der Waals surface area contributed by atoms with E-state index in [1.165, 1.54) is 12.1 Å². The third-order valence-corrected chi connectivity index (χ3v) is 3.82. The van der Waals surface area contributed by atoms with E-state index in [1.54, 1.807) is 4.72 Å². The molecule has 0 spiro atoms. The fourth-order valence-electron chi connectivity index (χ4n) is 1.52. The molecule has 1 heterocycles. The molecule has 0 fully saturated rings. The van der Waals surface area contributed by atoms with Crippen molar-refractivity contribution in [1.82, 2.24) is 4.98 Å². The number of anilines is 1. The third-order valence-electron chi connectivity index (χ3n) is 2.41. The normalized spacial score (nSPS) is 11.1. The molecule has 10 heteroatoms. The molecule has 2 rings (SSSR count). The van der Waals surface area contributed by atoms with Crippen molar-refractivity contribution in [2.75, 3.05) is 4.72 Å². The number of hydrogen-bond donors (Lipinski definition) is 1. The second kappa shape index (κ2) is 5.40. The predicted octanol–water partition coefficient (Wildman–Crippen LogP) is 2.07. The first-order chi connectivity index (χ1) is 9.81. The monoisotopic (exact) mass is 315 g/mol. The summed E-state index contributed by atoms with van der Waals surface area (Å²) in [5.74, 6) is -2.50. The van der Waals surface area contributed by atoms with Crippen molar-refractivity contribution in [3.8, 4) is 0 Å². The molecular formula is C11H7F2N3O4S. The first kappa shape index (κ1) is 14.8. The van der Waals surface area contributed by atoms with Gasteiger partial charge in [0, 0.05) is 6.07 Å². The summed E-state index contributed by atoms with van der Waals surface area (Å²) in [6.45, 7) is 0. The van der Waals surface area contributed by atoms with Crippen LogP contribution in [0.1, 0.15) is 0 Å². The van der Waals surface area contributed by atoms with Crippen molar-refractivity contribution in [1.29, 1.82) is 0 Å². The Labute approximate surface area is 117 Å². The Morgan fingerprint density at radius 2 is 1.81 bits per heavy atom. The van der Waals surface area contributed by atoms with Gasteiger partial charge in [-0.25, -0.2) is 8.42 Å². The Bertz CT molecular complexity index is 811. The van der Waals surface area contributed by atoms with E-state index in [0.717, 1.165) is 24.3 Å². The first-order valence-corrected chi connectivity index (χ1v) is 6.88. The number of para-hydroxylation sites is 1. The van der Waals surface area contributed by atoms with Crippen molar-refractivity contribution in [3.63, 3.8) is 0 Å². The maximum Gasteiger partial charge on any atom is 0.289 e. The summed E-state index contributed by atoms with van der Waals surface area (Å²) in [4.78, 5) is 12.1. The number of nitro groups is 1. The third kappa shape index (κ3) is 3.11. The van der Waals surface area contributed by atoms with Crippen LogP contribution in [0.25, 0.3) is 0 Å². The van der Waals surface area contributed by atoms with E-state index in [9.17, 15) is 27.3 Å². The fourth-order valence-corrected chi connectivity index (χ4v) is 2.75. The lowest BCUT2D eigenvalue weighted by Crippen LogP contribution is -2.16. The molecule has 0 radical (unpaired) electrons. The fraction of sp³-hybridized carbons (Fsp3) is 0. The van der Waals surface area contributed by atoms with Crippen molar-refractivity contribution in [2.45, 2.75) is 4.90 Å². The zero-order valence-electron chi connectivity index (χ0n) is 10.2. The van der Waals surface area contributed by atoms with Crippen LogP contribution in [0.4, 0.5) is 20.2 Å². The van der Waals surface area contributed by atoms with Gasteiger partial charge in [0.2, 0.25) is 11.9 Å². The second-order valence-corrected chi connectivity index (χ2v) is 5.45. The van der Waals surface area contributed by atoms with Gasteiger partial charge in [0.25, 0.3) is 15.7 Å². The molecule has 0 aliphatic heterocycles. The lowest BCUT2D eigenvalue weighted by atomic mass is 10.3. The van der Waals surface area contributed by atoms with E-state index >= 15 is 0 Å². The topological polar surface area (TPSA) is 102 Å². The van der Waals surface area contributed by atoms with Gasteiger partial charge in [0.1, 0.15) is 5.69 Å². The van der Waals surface area contributed by atoms with Gasteiger partial charge in [0.05, 0.1) is 4.92 Å². The highest BCUT2D eigenvalue weighted by atomic mass is 32.2. The van der Waals surface area contributed by atoms with Crippen LogP contribution >= 0.6 is 0 Å². The van der Waals surface area contributed by atoms with Gasteiger partial charge in [-0.15, -0.1) is 0 Å². The number of hydrogen-bond acceptors (Lipinski definition) is 5. The number of aromatic nitrogens is 1. The van der Waals surface area contributed by atoms with Gasteiger partial charge < -0.3 is 0 Å². The van der Waals surface area contributed by atoms with Crippen LogP contribution in [0.5, 0.6) is 0 Å². The summed E-state index contributed by atoms with van der Waals surface area (Å²) < 4.78 is 51.9. The quantitative estimate of drug-likeness (QED) is 0.528. The molecule has 0 aliphatic rings. The lowest BCUT2D eigenvalue weighted by molar-refractivity contribution is -0.387. The van der Waals surface area contributed by atoms with E-state index < -0.39 is 43.1 Å². The minimum atomic E-state index is -4.42. The molecule has 0 saturated carbocycles. The number of nitrogens with one attached hydrogen (secondary N) is 1. The highest BCUT2D eigenvalue weighted by Gasteiger charge is 2.26. The van der Waals surface area contributed by atoms with Crippen LogP contribution in [0.15, 0.2) is 41.3 Å². The second-order valence-electron chi connectivity index (χ2n) is 3.80. The number of benzene rings is 1. The van der Waals surface area contributed by atoms with Gasteiger partial charge in [-0.2, -0.15) is 13.8 Å². The van der Waals surface area contributed by atoms with Crippen LogP contribution in [-0.2, 0) is 10.0 Å². The van der Waals surface area contributed by atoms with E-state index in [0.29, 0.717) is 0 Å². The Kier molecular flexibility index (Phi) is 3.80. The van der Waals surface area contributed by atoms with Gasteiger partial charge in [-0.3, -0.25) is 14.8 Å². The Balaban J connectivity index is 2.46.